The van der Waals surface area contributed by atoms with Gasteiger partial charge < -0.3 is 0 Å². The summed E-state index contributed by atoms with van der Waals surface area (Å²) in [6, 6.07) is 18.9. The molecule has 0 amide bonds. The molecule has 1 fully saturated rings. The van der Waals surface area contributed by atoms with E-state index in [0.29, 0.717) is 5.56 Å². The van der Waals surface area contributed by atoms with E-state index in [-0.39, 0.29) is 5.82 Å². The Bertz CT molecular complexity index is 1010. The molecule has 0 unspecified atom stereocenters. The highest BCUT2D eigenvalue weighted by Crippen LogP contribution is 2.34. The molecule has 1 heteroatoms. The fraction of sp³-hybridized carbons (Fsp3) is 0.500. The van der Waals surface area contributed by atoms with Crippen LogP contribution in [-0.2, 0) is 12.8 Å². The molecule has 3 aromatic rings. The van der Waals surface area contributed by atoms with Crippen molar-refractivity contribution in [3.63, 3.8) is 0 Å². The average molecular weight is 445 g/mol. The second-order valence-electron chi connectivity index (χ2n) is 10.4. The summed E-state index contributed by atoms with van der Waals surface area (Å²) in [5.41, 5.74) is 4.38. The monoisotopic (exact) mass is 444 g/mol. The summed E-state index contributed by atoms with van der Waals surface area (Å²) in [5.74, 6) is 1.78. The molecule has 1 saturated carbocycles. The second-order valence-corrected chi connectivity index (χ2v) is 10.4. The van der Waals surface area contributed by atoms with Gasteiger partial charge in [-0.2, -0.15) is 0 Å². The van der Waals surface area contributed by atoms with E-state index in [1.807, 2.05) is 12.1 Å². The highest BCUT2D eigenvalue weighted by molar-refractivity contribution is 5.88. The zero-order valence-corrected chi connectivity index (χ0v) is 20.7. The van der Waals surface area contributed by atoms with Crippen LogP contribution in [0.15, 0.2) is 54.6 Å². The topological polar surface area (TPSA) is 0 Å². The van der Waals surface area contributed by atoms with E-state index < -0.39 is 0 Å². The van der Waals surface area contributed by atoms with Crippen molar-refractivity contribution in [2.24, 2.45) is 11.8 Å². The van der Waals surface area contributed by atoms with Crippen molar-refractivity contribution in [3.05, 3.63) is 71.5 Å². The quantitative estimate of drug-likeness (QED) is 0.273. The van der Waals surface area contributed by atoms with Gasteiger partial charge in [0.15, 0.2) is 0 Å². The number of hydrogen-bond donors (Lipinski definition) is 0. The number of unbranched alkanes of at least 4 members (excludes halogenated alkanes) is 2. The van der Waals surface area contributed by atoms with Crippen molar-refractivity contribution < 1.29 is 4.39 Å². The van der Waals surface area contributed by atoms with Crippen molar-refractivity contribution in [2.75, 3.05) is 0 Å². The van der Waals surface area contributed by atoms with Crippen LogP contribution < -0.4 is 0 Å². The maximum Gasteiger partial charge on any atom is 0.138 e. The van der Waals surface area contributed by atoms with E-state index >= 15 is 4.39 Å². The third-order valence-corrected chi connectivity index (χ3v) is 7.86. The summed E-state index contributed by atoms with van der Waals surface area (Å²) in [4.78, 5) is 0. The molecule has 0 radical (unpaired) electrons. The highest BCUT2D eigenvalue weighted by Gasteiger charge is 2.20. The van der Waals surface area contributed by atoms with Gasteiger partial charge in [-0.3, -0.25) is 0 Å². The Balaban J connectivity index is 1.38. The van der Waals surface area contributed by atoms with Gasteiger partial charge in [-0.1, -0.05) is 120 Å². The lowest BCUT2D eigenvalue weighted by atomic mass is 9.78. The SMILES string of the molecule is CCCCCc1ccc2c(F)c(-c3ccc(CCC4CCC(CCC)CC4)cc3)ccc2c1. The number of benzene rings is 3. The van der Waals surface area contributed by atoms with Gasteiger partial charge >= 0.3 is 0 Å². The summed E-state index contributed by atoms with van der Waals surface area (Å²) in [6.07, 6.45) is 15.6. The number of hydrogen-bond acceptors (Lipinski definition) is 0. The van der Waals surface area contributed by atoms with Crippen LogP contribution in [0.2, 0.25) is 0 Å². The van der Waals surface area contributed by atoms with Crippen LogP contribution in [0, 0.1) is 17.7 Å². The molecule has 3 aromatic carbocycles. The summed E-state index contributed by atoms with van der Waals surface area (Å²) in [6.45, 7) is 4.54. The molecule has 176 valence electrons. The third kappa shape index (κ3) is 6.25. The zero-order chi connectivity index (χ0) is 23.0. The van der Waals surface area contributed by atoms with Gasteiger partial charge in [-0.25, -0.2) is 4.39 Å². The van der Waals surface area contributed by atoms with Crippen molar-refractivity contribution in [1.82, 2.24) is 0 Å². The fourth-order valence-corrected chi connectivity index (χ4v) is 5.74. The van der Waals surface area contributed by atoms with E-state index in [1.165, 1.54) is 75.3 Å². The minimum absolute atomic E-state index is 0.0933. The van der Waals surface area contributed by atoms with Crippen molar-refractivity contribution in [2.45, 2.75) is 90.9 Å². The Hall–Kier alpha value is -2.15. The standard InChI is InChI=1S/C32H41F/c1-3-5-6-8-27-17-21-31-29(23-27)20-22-30(32(31)33)28-18-15-26(16-19-28)14-13-25-11-9-24(7-4-2)10-12-25/h15-25H,3-14H2,1-2H3. The van der Waals surface area contributed by atoms with Crippen LogP contribution in [0.4, 0.5) is 4.39 Å². The molecule has 0 heterocycles. The summed E-state index contributed by atoms with van der Waals surface area (Å²) in [7, 11) is 0. The first-order valence-corrected chi connectivity index (χ1v) is 13.5. The Labute approximate surface area is 200 Å². The number of rotatable bonds is 10. The third-order valence-electron chi connectivity index (χ3n) is 7.86. The number of aryl methyl sites for hydroxylation is 2. The van der Waals surface area contributed by atoms with E-state index in [0.717, 1.165) is 41.0 Å². The molecule has 0 saturated heterocycles. The molecule has 0 atom stereocenters. The second kappa shape index (κ2) is 11.8. The van der Waals surface area contributed by atoms with Gasteiger partial charge in [0.2, 0.25) is 0 Å². The molecule has 0 N–H and O–H groups in total. The normalized spacial score (nSPS) is 18.6. The first-order chi connectivity index (χ1) is 16.2. The number of halogens is 1. The minimum Gasteiger partial charge on any atom is -0.206 e. The number of fused-ring (bicyclic) bond motifs is 1. The highest BCUT2D eigenvalue weighted by atomic mass is 19.1. The van der Waals surface area contributed by atoms with Crippen molar-refractivity contribution >= 4 is 10.8 Å². The molecule has 0 nitrogen and oxygen atoms in total. The molecule has 4 rings (SSSR count). The largest absolute Gasteiger partial charge is 0.206 e. The minimum atomic E-state index is -0.0933. The average Bonchev–Trinajstić information content (AvgIpc) is 2.85. The molecule has 0 bridgehead atoms. The van der Waals surface area contributed by atoms with Crippen LogP contribution in [0.1, 0.15) is 89.2 Å². The van der Waals surface area contributed by atoms with Crippen LogP contribution in [0.3, 0.4) is 0 Å². The van der Waals surface area contributed by atoms with Gasteiger partial charge in [0, 0.05) is 10.9 Å². The smallest absolute Gasteiger partial charge is 0.138 e. The first kappa shape index (κ1) is 24.0. The van der Waals surface area contributed by atoms with Gasteiger partial charge in [0.05, 0.1) is 0 Å². The van der Waals surface area contributed by atoms with Gasteiger partial charge in [0.25, 0.3) is 0 Å². The molecule has 0 aliphatic heterocycles. The molecule has 1 aliphatic rings. The zero-order valence-electron chi connectivity index (χ0n) is 20.7. The summed E-state index contributed by atoms with van der Waals surface area (Å²) >= 11 is 0. The molecule has 0 aromatic heterocycles. The molecule has 33 heavy (non-hydrogen) atoms. The van der Waals surface area contributed by atoms with Gasteiger partial charge in [0.1, 0.15) is 5.82 Å². The molecular formula is C32H41F. The summed E-state index contributed by atoms with van der Waals surface area (Å²) in [5, 5.41) is 1.74. The first-order valence-electron chi connectivity index (χ1n) is 13.5. The Kier molecular flexibility index (Phi) is 8.59. The Morgan fingerprint density at radius 1 is 0.697 bits per heavy atom. The van der Waals surface area contributed by atoms with Gasteiger partial charge in [-0.05, 0) is 59.6 Å². The van der Waals surface area contributed by atoms with Crippen LogP contribution >= 0.6 is 0 Å². The van der Waals surface area contributed by atoms with Crippen molar-refractivity contribution in [3.8, 4) is 11.1 Å². The van der Waals surface area contributed by atoms with Crippen molar-refractivity contribution in [1.29, 1.82) is 0 Å². The van der Waals surface area contributed by atoms with E-state index in [2.05, 4.69) is 56.3 Å². The molecular weight excluding hydrogens is 403 g/mol. The lowest BCUT2D eigenvalue weighted by Gasteiger charge is -2.28. The predicted octanol–water partition coefficient (Wildman–Crippen LogP) is 9.92. The van der Waals surface area contributed by atoms with Crippen LogP contribution in [0.5, 0.6) is 0 Å². The van der Waals surface area contributed by atoms with E-state index in [4.69, 9.17) is 0 Å². The Morgan fingerprint density at radius 3 is 2.09 bits per heavy atom. The van der Waals surface area contributed by atoms with E-state index in [9.17, 15) is 0 Å². The molecule has 0 spiro atoms. The predicted molar refractivity (Wildman–Crippen MR) is 141 cm³/mol. The maximum absolute atomic E-state index is 15.4. The van der Waals surface area contributed by atoms with Crippen LogP contribution in [0.25, 0.3) is 21.9 Å². The maximum atomic E-state index is 15.4. The van der Waals surface area contributed by atoms with E-state index in [1.54, 1.807) is 0 Å². The molecule has 1 aliphatic carbocycles. The lowest BCUT2D eigenvalue weighted by Crippen LogP contribution is -2.15. The Morgan fingerprint density at radius 2 is 1.39 bits per heavy atom. The summed E-state index contributed by atoms with van der Waals surface area (Å²) < 4.78 is 15.4. The van der Waals surface area contributed by atoms with Crippen LogP contribution in [-0.4, -0.2) is 0 Å². The van der Waals surface area contributed by atoms with Gasteiger partial charge in [-0.15, -0.1) is 0 Å². The fourth-order valence-electron chi connectivity index (χ4n) is 5.74. The lowest BCUT2D eigenvalue weighted by molar-refractivity contribution is 0.252.